The number of aliphatic hydroxyl groups is 3. The normalized spacial score (nSPS) is 46.5. The molecule has 0 radical (unpaired) electrons. The van der Waals surface area contributed by atoms with E-state index in [4.69, 9.17) is 42.6 Å². The van der Waals surface area contributed by atoms with Crippen LogP contribution in [0.15, 0.2) is 36.1 Å². The molecule has 0 aromatic rings. The summed E-state index contributed by atoms with van der Waals surface area (Å²) in [5, 5.41) is 32.0. The van der Waals surface area contributed by atoms with Gasteiger partial charge in [-0.25, -0.2) is 0 Å². The highest BCUT2D eigenvalue weighted by molar-refractivity contribution is 5.70. The average Bonchev–Trinajstić information content (AvgIpc) is 3.45. The Hall–Kier alpha value is -1.91. The van der Waals surface area contributed by atoms with E-state index in [1.807, 2.05) is 19.9 Å². The third-order valence-corrected chi connectivity index (χ3v) is 12.9. The second-order valence-electron chi connectivity index (χ2n) is 17.0. The maximum Gasteiger partial charge on any atom is 0.308 e. The topological polar surface area (TPSA) is 161 Å². The van der Waals surface area contributed by atoms with E-state index >= 15 is 0 Å². The molecule has 7 heterocycles. The predicted molar refractivity (Wildman–Crippen MR) is 194 cm³/mol. The number of esters is 1. The van der Waals surface area contributed by atoms with Gasteiger partial charge in [0.1, 0.15) is 42.4 Å². The van der Waals surface area contributed by atoms with Crippen LogP contribution in [0.4, 0.5) is 0 Å². The molecule has 304 valence electrons. The van der Waals surface area contributed by atoms with Gasteiger partial charge in [-0.15, -0.1) is 0 Å². The van der Waals surface area contributed by atoms with Gasteiger partial charge in [-0.2, -0.15) is 0 Å². The molecule has 0 spiro atoms. The van der Waals surface area contributed by atoms with Crippen LogP contribution >= 0.6 is 0 Å². The maximum atomic E-state index is 13.4. The van der Waals surface area contributed by atoms with E-state index in [2.05, 4.69) is 20.1 Å². The molecule has 0 saturated carbocycles. The van der Waals surface area contributed by atoms with Gasteiger partial charge in [-0.3, -0.25) is 4.79 Å². The molecular weight excluding hydrogens is 700 g/mol. The first kappa shape index (κ1) is 40.3. The summed E-state index contributed by atoms with van der Waals surface area (Å²) in [6.07, 6.45) is 2.51. The van der Waals surface area contributed by atoms with Crippen molar-refractivity contribution in [2.75, 3.05) is 20.3 Å². The van der Waals surface area contributed by atoms with Crippen LogP contribution in [0.1, 0.15) is 91.4 Å². The van der Waals surface area contributed by atoms with Crippen molar-refractivity contribution in [3.8, 4) is 0 Å². The van der Waals surface area contributed by atoms with Gasteiger partial charge in [0.15, 0.2) is 5.79 Å². The molecule has 0 aliphatic carbocycles. The van der Waals surface area contributed by atoms with Gasteiger partial charge < -0.3 is 58.0 Å². The molecular formula is C41H62O13. The van der Waals surface area contributed by atoms with E-state index in [9.17, 15) is 20.1 Å². The molecule has 54 heavy (non-hydrogen) atoms. The van der Waals surface area contributed by atoms with Gasteiger partial charge in [0.25, 0.3) is 0 Å². The van der Waals surface area contributed by atoms with Crippen LogP contribution in [-0.4, -0.2) is 133 Å². The maximum absolute atomic E-state index is 13.4. The summed E-state index contributed by atoms with van der Waals surface area (Å²) in [6.45, 7) is 14.8. The largest absolute Gasteiger partial charge is 0.489 e. The number of hydrogen-bond acceptors (Lipinski definition) is 13. The molecule has 7 aliphatic rings. The number of fused-ring (bicyclic) bond motifs is 4. The van der Waals surface area contributed by atoms with Crippen LogP contribution in [0.25, 0.3) is 0 Å². The number of hydrogen-bond donors (Lipinski definition) is 3. The highest BCUT2D eigenvalue weighted by Crippen LogP contribution is 2.43. The van der Waals surface area contributed by atoms with Crippen LogP contribution in [0.2, 0.25) is 0 Å². The van der Waals surface area contributed by atoms with Gasteiger partial charge in [0.05, 0.1) is 68.5 Å². The molecule has 7 rings (SSSR count). The lowest BCUT2D eigenvalue weighted by molar-refractivity contribution is -0.271. The lowest BCUT2D eigenvalue weighted by atomic mass is 9.83. The van der Waals surface area contributed by atoms with Gasteiger partial charge in [0.2, 0.25) is 0 Å². The summed E-state index contributed by atoms with van der Waals surface area (Å²) in [5.74, 6) is -1.04. The molecule has 5 saturated heterocycles. The van der Waals surface area contributed by atoms with Gasteiger partial charge in [-0.1, -0.05) is 27.0 Å². The predicted octanol–water partition coefficient (Wildman–Crippen LogP) is 3.80. The van der Waals surface area contributed by atoms with Crippen molar-refractivity contribution in [3.05, 3.63) is 36.1 Å². The van der Waals surface area contributed by atoms with E-state index in [0.717, 1.165) is 36.8 Å². The minimum absolute atomic E-state index is 0.0332. The van der Waals surface area contributed by atoms with Crippen molar-refractivity contribution in [1.29, 1.82) is 0 Å². The van der Waals surface area contributed by atoms with Crippen LogP contribution in [-0.2, 0) is 47.4 Å². The summed E-state index contributed by atoms with van der Waals surface area (Å²) in [4.78, 5) is 13.4. The third kappa shape index (κ3) is 8.80. The van der Waals surface area contributed by atoms with Crippen LogP contribution in [0.5, 0.6) is 0 Å². The van der Waals surface area contributed by atoms with Crippen molar-refractivity contribution in [1.82, 2.24) is 0 Å². The standard InChI is InChI=1S/C41H62O13/c1-21-13-26(47-20-23(21)3)7-9-30-22(2)14-28(49-30)11-12-41(45)18-35(46-6)32-17-34(54-41)40-31(51-32)10-8-27(50-40)15-37(44)53-38-24(4)39-33(48-25(38)5)16-29(43)36(19-42)52-39/h17,21,24-31,33-36,38-40,42-43,45H,2-3,7-16,18-20H2,1,4-6H3/t21-,24-,25+,26+,27-,28+,29-,30+,31+,33+,34-,35-,36-,38-,39+,40+,41+/m1/s1. The summed E-state index contributed by atoms with van der Waals surface area (Å²) < 4.78 is 55.8. The number of ether oxygens (including phenoxy) is 9. The van der Waals surface area contributed by atoms with E-state index in [1.165, 1.54) is 0 Å². The molecule has 13 nitrogen and oxygen atoms in total. The molecule has 0 aromatic carbocycles. The fraction of sp³-hybridized carbons (Fsp3) is 0.829. The smallest absolute Gasteiger partial charge is 0.308 e. The Morgan fingerprint density at radius 2 is 1.78 bits per heavy atom. The molecule has 5 fully saturated rings. The highest BCUT2D eigenvalue weighted by Gasteiger charge is 2.52. The Kier molecular flexibility index (Phi) is 12.6. The molecule has 17 atom stereocenters. The van der Waals surface area contributed by atoms with Crippen molar-refractivity contribution in [3.63, 3.8) is 0 Å². The number of methoxy groups -OCH3 is 1. The van der Waals surface area contributed by atoms with Crippen molar-refractivity contribution in [2.45, 2.75) is 183 Å². The minimum atomic E-state index is -1.52. The summed E-state index contributed by atoms with van der Waals surface area (Å²) in [7, 11) is 1.61. The van der Waals surface area contributed by atoms with Crippen LogP contribution < -0.4 is 0 Å². The first-order chi connectivity index (χ1) is 25.8. The molecule has 13 heteroatoms. The summed E-state index contributed by atoms with van der Waals surface area (Å²) >= 11 is 0. The zero-order chi connectivity index (χ0) is 38.3. The third-order valence-electron chi connectivity index (χ3n) is 12.9. The molecule has 3 N–H and O–H groups in total. The zero-order valence-corrected chi connectivity index (χ0v) is 32.3. The quantitative estimate of drug-likeness (QED) is 0.206. The number of carbonyl (C=O) groups is 1. The SMILES string of the molecule is C=C1CO[C@@H](CC[C@@H]2O[C@@H](CC[C@@]3(O)C[C@@H](OC)C4=C[C@@H](O3)[C@H]3O[C@@H](CC(=O)O[C@@H]5[C@@H](C)[C@@H]6O[C@H](CO)[C@H](O)C[C@@H]6O[C@H]5C)CC[C@@H]3O4)CC2=C)C[C@H]1C. The minimum Gasteiger partial charge on any atom is -0.489 e. The average molecular weight is 763 g/mol. The number of rotatable bonds is 11. The molecule has 0 unspecified atom stereocenters. The lowest BCUT2D eigenvalue weighted by Crippen LogP contribution is -2.60. The molecule has 2 bridgehead atoms. The van der Waals surface area contributed by atoms with E-state index in [0.29, 0.717) is 50.4 Å². The Bertz CT molecular complexity index is 1390. The molecule has 7 aliphatic heterocycles. The second kappa shape index (κ2) is 16.9. The molecule has 0 amide bonds. The van der Waals surface area contributed by atoms with Crippen LogP contribution in [0.3, 0.4) is 0 Å². The first-order valence-electron chi connectivity index (χ1n) is 20.2. The van der Waals surface area contributed by atoms with E-state index in [-0.39, 0.29) is 55.9 Å². The highest BCUT2D eigenvalue weighted by atomic mass is 16.7. The van der Waals surface area contributed by atoms with Gasteiger partial charge in [-0.05, 0) is 75.0 Å². The monoisotopic (exact) mass is 762 g/mol. The Morgan fingerprint density at radius 3 is 2.54 bits per heavy atom. The summed E-state index contributed by atoms with van der Waals surface area (Å²) in [5.41, 5.74) is 2.24. The van der Waals surface area contributed by atoms with E-state index < -0.39 is 66.7 Å². The Morgan fingerprint density at radius 1 is 0.963 bits per heavy atom. The number of aliphatic hydroxyl groups excluding tert-OH is 2. The number of carbonyl (C=O) groups excluding carboxylic acids is 1. The fourth-order valence-electron chi connectivity index (χ4n) is 9.65. The van der Waals surface area contributed by atoms with Crippen molar-refractivity contribution >= 4 is 5.97 Å². The van der Waals surface area contributed by atoms with Crippen LogP contribution in [0, 0.1) is 11.8 Å². The van der Waals surface area contributed by atoms with Crippen molar-refractivity contribution < 1.29 is 62.7 Å². The second-order valence-corrected chi connectivity index (χ2v) is 17.0. The molecule has 0 aromatic heterocycles. The van der Waals surface area contributed by atoms with Gasteiger partial charge in [0, 0.05) is 32.3 Å². The van der Waals surface area contributed by atoms with E-state index in [1.54, 1.807) is 7.11 Å². The van der Waals surface area contributed by atoms with Gasteiger partial charge >= 0.3 is 5.97 Å². The fourth-order valence-corrected chi connectivity index (χ4v) is 9.65. The zero-order valence-electron chi connectivity index (χ0n) is 32.3. The first-order valence-corrected chi connectivity index (χ1v) is 20.2. The Labute approximate surface area is 319 Å². The Balaban J connectivity index is 0.924. The lowest BCUT2D eigenvalue weighted by Gasteiger charge is -2.49. The van der Waals surface area contributed by atoms with Crippen molar-refractivity contribution in [2.24, 2.45) is 11.8 Å². The summed E-state index contributed by atoms with van der Waals surface area (Å²) in [6, 6.07) is 0.